The Morgan fingerprint density at radius 3 is 2.71 bits per heavy atom. The van der Waals surface area contributed by atoms with Gasteiger partial charge in [0, 0.05) is 29.9 Å². The molecular formula is C14H19N3. The van der Waals surface area contributed by atoms with Gasteiger partial charge in [-0.15, -0.1) is 0 Å². The van der Waals surface area contributed by atoms with Gasteiger partial charge >= 0.3 is 0 Å². The van der Waals surface area contributed by atoms with Crippen molar-refractivity contribution < 1.29 is 0 Å². The van der Waals surface area contributed by atoms with Crippen LogP contribution in [-0.2, 0) is 0 Å². The van der Waals surface area contributed by atoms with Crippen LogP contribution >= 0.6 is 0 Å². The average Bonchev–Trinajstić information content (AvgIpc) is 2.33. The molecule has 0 aliphatic rings. The minimum atomic E-state index is 0.465. The highest BCUT2D eigenvalue weighted by Crippen LogP contribution is 2.30. The summed E-state index contributed by atoms with van der Waals surface area (Å²) in [6, 6.07) is 8.53. The van der Waals surface area contributed by atoms with Crippen LogP contribution in [0.2, 0.25) is 0 Å². The largest absolute Gasteiger partial charge is 0.397 e. The zero-order valence-electron chi connectivity index (χ0n) is 10.6. The molecule has 0 fully saturated rings. The first kappa shape index (κ1) is 11.7. The molecule has 3 heteroatoms. The third-order valence-electron chi connectivity index (χ3n) is 3.05. The third kappa shape index (κ3) is 2.05. The quantitative estimate of drug-likeness (QED) is 0.822. The fraction of sp³-hybridized carbons (Fsp3) is 0.357. The van der Waals surface area contributed by atoms with Crippen LogP contribution in [0.3, 0.4) is 0 Å². The molecule has 1 aromatic heterocycles. The minimum Gasteiger partial charge on any atom is -0.397 e. The van der Waals surface area contributed by atoms with Crippen LogP contribution in [0.15, 0.2) is 30.5 Å². The Morgan fingerprint density at radius 2 is 2.06 bits per heavy atom. The first-order valence-electron chi connectivity index (χ1n) is 6.05. The molecule has 1 heterocycles. The molecule has 0 bridgehead atoms. The maximum Gasteiger partial charge on any atom is 0.0951 e. The highest BCUT2D eigenvalue weighted by atomic mass is 15.1. The molecule has 0 aliphatic heterocycles. The minimum absolute atomic E-state index is 0.465. The Hall–Kier alpha value is -1.77. The summed E-state index contributed by atoms with van der Waals surface area (Å²) in [7, 11) is 0. The van der Waals surface area contributed by atoms with Gasteiger partial charge in [0.25, 0.3) is 0 Å². The predicted molar refractivity (Wildman–Crippen MR) is 74.3 cm³/mol. The van der Waals surface area contributed by atoms with Crippen molar-refractivity contribution >= 4 is 22.3 Å². The Morgan fingerprint density at radius 1 is 1.29 bits per heavy atom. The Labute approximate surface area is 102 Å². The van der Waals surface area contributed by atoms with Crippen LogP contribution in [-0.4, -0.2) is 17.6 Å². The van der Waals surface area contributed by atoms with E-state index in [1.165, 1.54) is 5.69 Å². The number of nitrogens with two attached hydrogens (primary N) is 1. The first-order valence-corrected chi connectivity index (χ1v) is 6.05. The SMILES string of the molecule is CCN(c1ccc(N)c2ncccc12)C(C)C. The van der Waals surface area contributed by atoms with Crippen molar-refractivity contribution in [3.8, 4) is 0 Å². The van der Waals surface area contributed by atoms with Crippen LogP contribution in [0.5, 0.6) is 0 Å². The van der Waals surface area contributed by atoms with Gasteiger partial charge in [0.15, 0.2) is 0 Å². The number of pyridine rings is 1. The molecule has 0 radical (unpaired) electrons. The Kier molecular flexibility index (Phi) is 3.18. The summed E-state index contributed by atoms with van der Waals surface area (Å²) in [5.41, 5.74) is 8.80. The zero-order chi connectivity index (χ0) is 12.4. The lowest BCUT2D eigenvalue weighted by atomic mass is 10.1. The number of aromatic nitrogens is 1. The Balaban J connectivity index is 2.66. The normalized spacial score (nSPS) is 11.1. The lowest BCUT2D eigenvalue weighted by Gasteiger charge is -2.28. The topological polar surface area (TPSA) is 42.1 Å². The van der Waals surface area contributed by atoms with E-state index in [4.69, 9.17) is 5.73 Å². The van der Waals surface area contributed by atoms with Crippen molar-refractivity contribution in [3.05, 3.63) is 30.5 Å². The van der Waals surface area contributed by atoms with E-state index in [9.17, 15) is 0 Å². The summed E-state index contributed by atoms with van der Waals surface area (Å²) < 4.78 is 0. The monoisotopic (exact) mass is 229 g/mol. The molecular weight excluding hydrogens is 210 g/mol. The van der Waals surface area contributed by atoms with Crippen molar-refractivity contribution in [2.75, 3.05) is 17.2 Å². The van der Waals surface area contributed by atoms with Crippen molar-refractivity contribution in [2.24, 2.45) is 0 Å². The second-order valence-electron chi connectivity index (χ2n) is 4.45. The number of hydrogen-bond acceptors (Lipinski definition) is 3. The van der Waals surface area contributed by atoms with Gasteiger partial charge in [0.05, 0.1) is 11.2 Å². The van der Waals surface area contributed by atoms with E-state index in [0.717, 1.165) is 23.1 Å². The summed E-state index contributed by atoms with van der Waals surface area (Å²) in [5, 5.41) is 1.13. The molecule has 0 saturated heterocycles. The molecule has 2 aromatic rings. The number of hydrogen-bond donors (Lipinski definition) is 1. The van der Waals surface area contributed by atoms with Crippen LogP contribution in [0.25, 0.3) is 10.9 Å². The molecule has 2 rings (SSSR count). The summed E-state index contributed by atoms with van der Waals surface area (Å²) in [6.45, 7) is 7.54. The highest BCUT2D eigenvalue weighted by molar-refractivity contribution is 5.98. The molecule has 0 amide bonds. The summed E-state index contributed by atoms with van der Waals surface area (Å²) >= 11 is 0. The van der Waals surface area contributed by atoms with Crippen molar-refractivity contribution in [3.63, 3.8) is 0 Å². The molecule has 0 atom stereocenters. The molecule has 0 spiro atoms. The van der Waals surface area contributed by atoms with E-state index >= 15 is 0 Å². The smallest absolute Gasteiger partial charge is 0.0951 e. The number of nitrogen functional groups attached to an aromatic ring is 1. The van der Waals surface area contributed by atoms with Crippen molar-refractivity contribution in [2.45, 2.75) is 26.8 Å². The maximum atomic E-state index is 5.96. The van der Waals surface area contributed by atoms with Crippen LogP contribution < -0.4 is 10.6 Å². The lowest BCUT2D eigenvalue weighted by molar-refractivity contribution is 0.706. The molecule has 3 nitrogen and oxygen atoms in total. The molecule has 2 N–H and O–H groups in total. The third-order valence-corrected chi connectivity index (χ3v) is 3.05. The fourth-order valence-corrected chi connectivity index (χ4v) is 2.24. The van der Waals surface area contributed by atoms with Gasteiger partial charge in [-0.1, -0.05) is 0 Å². The Bertz CT molecular complexity index is 520. The van der Waals surface area contributed by atoms with E-state index in [1.807, 2.05) is 12.1 Å². The van der Waals surface area contributed by atoms with Crippen LogP contribution in [0, 0.1) is 0 Å². The summed E-state index contributed by atoms with van der Waals surface area (Å²) in [6.07, 6.45) is 1.79. The summed E-state index contributed by atoms with van der Waals surface area (Å²) in [4.78, 5) is 6.72. The van der Waals surface area contributed by atoms with E-state index in [-0.39, 0.29) is 0 Å². The number of benzene rings is 1. The second-order valence-corrected chi connectivity index (χ2v) is 4.45. The first-order chi connectivity index (χ1) is 8.15. The molecule has 17 heavy (non-hydrogen) atoms. The fourth-order valence-electron chi connectivity index (χ4n) is 2.24. The lowest BCUT2D eigenvalue weighted by Crippen LogP contribution is -2.30. The number of fused-ring (bicyclic) bond motifs is 1. The highest BCUT2D eigenvalue weighted by Gasteiger charge is 2.12. The van der Waals surface area contributed by atoms with E-state index < -0.39 is 0 Å². The molecule has 0 aliphatic carbocycles. The van der Waals surface area contributed by atoms with Gasteiger partial charge in [-0.05, 0) is 45.0 Å². The van der Waals surface area contributed by atoms with Crippen LogP contribution in [0.4, 0.5) is 11.4 Å². The van der Waals surface area contributed by atoms with E-state index in [0.29, 0.717) is 6.04 Å². The van der Waals surface area contributed by atoms with Crippen molar-refractivity contribution in [1.82, 2.24) is 4.98 Å². The molecule has 0 saturated carbocycles. The van der Waals surface area contributed by atoms with Gasteiger partial charge in [-0.25, -0.2) is 0 Å². The van der Waals surface area contributed by atoms with Gasteiger partial charge < -0.3 is 10.6 Å². The second kappa shape index (κ2) is 4.62. The van der Waals surface area contributed by atoms with Crippen molar-refractivity contribution in [1.29, 1.82) is 0 Å². The van der Waals surface area contributed by atoms with Gasteiger partial charge in [0.2, 0.25) is 0 Å². The number of anilines is 2. The van der Waals surface area contributed by atoms with Gasteiger partial charge in [-0.3, -0.25) is 4.98 Å². The average molecular weight is 229 g/mol. The predicted octanol–water partition coefficient (Wildman–Crippen LogP) is 3.05. The molecule has 90 valence electrons. The standard InChI is InChI=1S/C14H19N3/c1-4-17(10(2)3)13-8-7-12(15)14-11(13)6-5-9-16-14/h5-10H,4,15H2,1-3H3. The number of nitrogens with zero attached hydrogens (tertiary/aromatic N) is 2. The van der Waals surface area contributed by atoms with Crippen LogP contribution in [0.1, 0.15) is 20.8 Å². The summed E-state index contributed by atoms with van der Waals surface area (Å²) in [5.74, 6) is 0. The molecule has 1 aromatic carbocycles. The zero-order valence-corrected chi connectivity index (χ0v) is 10.6. The van der Waals surface area contributed by atoms with Gasteiger partial charge in [-0.2, -0.15) is 0 Å². The number of rotatable bonds is 3. The van der Waals surface area contributed by atoms with E-state index in [2.05, 4.69) is 42.8 Å². The maximum absolute atomic E-state index is 5.96. The molecule has 0 unspecified atom stereocenters. The van der Waals surface area contributed by atoms with Gasteiger partial charge in [0.1, 0.15) is 0 Å². The van der Waals surface area contributed by atoms with E-state index in [1.54, 1.807) is 6.20 Å².